The van der Waals surface area contributed by atoms with Crippen LogP contribution in [0, 0.1) is 19.8 Å². The summed E-state index contributed by atoms with van der Waals surface area (Å²) < 4.78 is 0. The number of hydrogen-bond acceptors (Lipinski definition) is 3. The van der Waals surface area contributed by atoms with Crippen LogP contribution in [0.1, 0.15) is 36.0 Å². The first kappa shape index (κ1) is 18.4. The molecule has 2 fully saturated rings. The van der Waals surface area contributed by atoms with E-state index in [4.69, 9.17) is 0 Å². The first-order valence-electron chi connectivity index (χ1n) is 9.73. The average Bonchev–Trinajstić information content (AvgIpc) is 3.48. The van der Waals surface area contributed by atoms with E-state index in [2.05, 4.69) is 0 Å². The molecule has 0 radical (unpaired) electrons. The fourth-order valence-electron chi connectivity index (χ4n) is 3.62. The Morgan fingerprint density at radius 2 is 1.54 bits per heavy atom. The summed E-state index contributed by atoms with van der Waals surface area (Å²) in [6.45, 7) is 4.31. The quantitative estimate of drug-likeness (QED) is 0.752. The zero-order chi connectivity index (χ0) is 19.8. The molecule has 0 bridgehead atoms. The van der Waals surface area contributed by atoms with E-state index in [-0.39, 0.29) is 30.1 Å². The predicted octanol–water partition coefficient (Wildman–Crippen LogP) is 3.37. The number of nitrogens with zero attached hydrogens (tertiary/aromatic N) is 2. The van der Waals surface area contributed by atoms with Crippen LogP contribution in [-0.2, 0) is 20.9 Å². The second-order valence-electron chi connectivity index (χ2n) is 7.85. The molecule has 1 unspecified atom stereocenters. The highest BCUT2D eigenvalue weighted by Gasteiger charge is 2.46. The SMILES string of the molecule is Cc1ccc(CN(C(=O)C2CC2)C2CC(=O)N(c3ccc(C)cc3)C2=O)cc1. The molecular weight excluding hydrogens is 352 g/mol. The van der Waals surface area contributed by atoms with Gasteiger partial charge in [0.2, 0.25) is 11.8 Å². The topological polar surface area (TPSA) is 57.7 Å². The number of imide groups is 1. The zero-order valence-corrected chi connectivity index (χ0v) is 16.2. The van der Waals surface area contributed by atoms with Gasteiger partial charge in [0.1, 0.15) is 6.04 Å². The number of anilines is 1. The van der Waals surface area contributed by atoms with Crippen LogP contribution in [0.2, 0.25) is 0 Å². The molecular formula is C23H24N2O3. The van der Waals surface area contributed by atoms with Crippen LogP contribution in [0.25, 0.3) is 0 Å². The highest BCUT2D eigenvalue weighted by atomic mass is 16.2. The summed E-state index contributed by atoms with van der Waals surface area (Å²) in [5.41, 5.74) is 3.73. The van der Waals surface area contributed by atoms with Gasteiger partial charge in [-0.25, -0.2) is 4.90 Å². The van der Waals surface area contributed by atoms with E-state index in [1.54, 1.807) is 17.0 Å². The van der Waals surface area contributed by atoms with Crippen LogP contribution in [0.15, 0.2) is 48.5 Å². The molecule has 2 aromatic rings. The van der Waals surface area contributed by atoms with Gasteiger partial charge in [0.15, 0.2) is 0 Å². The van der Waals surface area contributed by atoms with E-state index in [1.807, 2.05) is 50.2 Å². The van der Waals surface area contributed by atoms with Crippen molar-refractivity contribution in [2.24, 2.45) is 5.92 Å². The van der Waals surface area contributed by atoms with E-state index < -0.39 is 6.04 Å². The third-order valence-electron chi connectivity index (χ3n) is 5.47. The largest absolute Gasteiger partial charge is 0.326 e. The molecule has 28 heavy (non-hydrogen) atoms. The number of amides is 3. The maximum absolute atomic E-state index is 13.1. The van der Waals surface area contributed by atoms with Gasteiger partial charge in [-0.15, -0.1) is 0 Å². The van der Waals surface area contributed by atoms with Crippen molar-refractivity contribution in [3.8, 4) is 0 Å². The van der Waals surface area contributed by atoms with Crippen molar-refractivity contribution in [3.05, 3.63) is 65.2 Å². The molecule has 1 heterocycles. The lowest BCUT2D eigenvalue weighted by Gasteiger charge is -2.28. The van der Waals surface area contributed by atoms with Gasteiger partial charge in [-0.2, -0.15) is 0 Å². The minimum atomic E-state index is -0.733. The maximum Gasteiger partial charge on any atom is 0.257 e. The molecule has 4 rings (SSSR count). The molecule has 2 aromatic carbocycles. The molecule has 3 amide bonds. The van der Waals surface area contributed by atoms with Crippen LogP contribution >= 0.6 is 0 Å². The lowest BCUT2D eigenvalue weighted by Crippen LogP contribution is -2.45. The Balaban J connectivity index is 1.61. The van der Waals surface area contributed by atoms with E-state index in [9.17, 15) is 14.4 Å². The summed E-state index contributed by atoms with van der Waals surface area (Å²) in [5, 5.41) is 0. The molecule has 0 spiro atoms. The summed E-state index contributed by atoms with van der Waals surface area (Å²) in [6, 6.07) is 14.5. The van der Waals surface area contributed by atoms with Crippen LogP contribution in [0.4, 0.5) is 5.69 Å². The molecule has 1 aliphatic carbocycles. The summed E-state index contributed by atoms with van der Waals surface area (Å²) in [7, 11) is 0. The average molecular weight is 376 g/mol. The molecule has 1 saturated heterocycles. The number of aryl methyl sites for hydroxylation is 2. The third-order valence-corrected chi connectivity index (χ3v) is 5.47. The Kier molecular flexibility index (Phi) is 4.75. The van der Waals surface area contributed by atoms with Gasteiger partial charge in [-0.05, 0) is 44.4 Å². The highest BCUT2D eigenvalue weighted by molar-refractivity contribution is 6.23. The van der Waals surface area contributed by atoms with Crippen molar-refractivity contribution in [1.29, 1.82) is 0 Å². The van der Waals surface area contributed by atoms with Gasteiger partial charge in [-0.1, -0.05) is 47.5 Å². The fraction of sp³-hybridized carbons (Fsp3) is 0.348. The number of carbonyl (C=O) groups excluding carboxylic acids is 3. The van der Waals surface area contributed by atoms with Crippen molar-refractivity contribution in [1.82, 2.24) is 4.90 Å². The number of benzene rings is 2. The van der Waals surface area contributed by atoms with Gasteiger partial charge < -0.3 is 4.90 Å². The van der Waals surface area contributed by atoms with Crippen LogP contribution < -0.4 is 4.90 Å². The summed E-state index contributed by atoms with van der Waals surface area (Å²) in [4.78, 5) is 41.6. The standard InChI is InChI=1S/C23H24N2O3/c1-15-3-7-17(8-4-15)14-24(22(27)18-9-10-18)20-13-21(26)25(23(20)28)19-11-5-16(2)6-12-19/h3-8,11-12,18,20H,9-10,13-14H2,1-2H3. The first-order chi connectivity index (χ1) is 13.4. The summed E-state index contributed by atoms with van der Waals surface area (Å²) in [5.74, 6) is -0.592. The zero-order valence-electron chi connectivity index (χ0n) is 16.2. The lowest BCUT2D eigenvalue weighted by atomic mass is 10.1. The van der Waals surface area contributed by atoms with Crippen molar-refractivity contribution in [3.63, 3.8) is 0 Å². The van der Waals surface area contributed by atoms with Gasteiger partial charge >= 0.3 is 0 Å². The van der Waals surface area contributed by atoms with Crippen LogP contribution in [-0.4, -0.2) is 28.7 Å². The molecule has 2 aliphatic rings. The van der Waals surface area contributed by atoms with Crippen LogP contribution in [0.5, 0.6) is 0 Å². The second kappa shape index (κ2) is 7.23. The molecule has 5 heteroatoms. The molecule has 0 N–H and O–H groups in total. The Bertz CT molecular complexity index is 914. The molecule has 1 atom stereocenters. The summed E-state index contributed by atoms with van der Waals surface area (Å²) >= 11 is 0. The van der Waals surface area contributed by atoms with E-state index in [0.29, 0.717) is 12.2 Å². The minimum Gasteiger partial charge on any atom is -0.326 e. The number of hydrogen-bond donors (Lipinski definition) is 0. The first-order valence-corrected chi connectivity index (χ1v) is 9.73. The molecule has 144 valence electrons. The minimum absolute atomic E-state index is 0.0122. The fourth-order valence-corrected chi connectivity index (χ4v) is 3.62. The Hall–Kier alpha value is -2.95. The van der Waals surface area contributed by atoms with Gasteiger partial charge in [0.25, 0.3) is 5.91 Å². The number of rotatable bonds is 5. The van der Waals surface area contributed by atoms with E-state index in [0.717, 1.165) is 29.5 Å². The predicted molar refractivity (Wildman–Crippen MR) is 107 cm³/mol. The summed E-state index contributed by atoms with van der Waals surface area (Å²) in [6.07, 6.45) is 1.76. The van der Waals surface area contributed by atoms with Crippen molar-refractivity contribution < 1.29 is 14.4 Å². The Morgan fingerprint density at radius 3 is 2.11 bits per heavy atom. The van der Waals surface area contributed by atoms with E-state index in [1.165, 1.54) is 4.90 Å². The Morgan fingerprint density at radius 1 is 0.964 bits per heavy atom. The normalized spacial score (nSPS) is 19.2. The second-order valence-corrected chi connectivity index (χ2v) is 7.85. The van der Waals surface area contributed by atoms with Crippen molar-refractivity contribution in [2.75, 3.05) is 4.90 Å². The number of carbonyl (C=O) groups is 3. The smallest absolute Gasteiger partial charge is 0.257 e. The van der Waals surface area contributed by atoms with Gasteiger partial charge in [0, 0.05) is 12.5 Å². The Labute approximate surface area is 164 Å². The van der Waals surface area contributed by atoms with Crippen LogP contribution in [0.3, 0.4) is 0 Å². The molecule has 0 aromatic heterocycles. The van der Waals surface area contributed by atoms with Crippen molar-refractivity contribution >= 4 is 23.4 Å². The molecule has 1 saturated carbocycles. The molecule has 1 aliphatic heterocycles. The van der Waals surface area contributed by atoms with Crippen molar-refractivity contribution in [2.45, 2.75) is 45.7 Å². The highest BCUT2D eigenvalue weighted by Crippen LogP contribution is 2.34. The van der Waals surface area contributed by atoms with E-state index >= 15 is 0 Å². The maximum atomic E-state index is 13.1. The lowest BCUT2D eigenvalue weighted by molar-refractivity contribution is -0.140. The molecule has 5 nitrogen and oxygen atoms in total. The third kappa shape index (κ3) is 3.57. The van der Waals surface area contributed by atoms with Gasteiger partial charge in [-0.3, -0.25) is 14.4 Å². The monoisotopic (exact) mass is 376 g/mol. The van der Waals surface area contributed by atoms with Gasteiger partial charge in [0.05, 0.1) is 12.1 Å².